The molecule has 0 aliphatic rings. The molecule has 0 heterocycles. The van der Waals surface area contributed by atoms with Crippen LogP contribution in [0.5, 0.6) is 0 Å². The smallest absolute Gasteiger partial charge is 0.305 e. The van der Waals surface area contributed by atoms with Gasteiger partial charge in [0.2, 0.25) is 5.91 Å². The molecular weight excluding hydrogens is 803 g/mol. The van der Waals surface area contributed by atoms with Gasteiger partial charge in [-0.15, -0.1) is 0 Å². The quantitative estimate of drug-likeness (QED) is 0.0321. The molecule has 0 bridgehead atoms. The average molecular weight is 915 g/mol. The Morgan fingerprint density at radius 3 is 1.20 bits per heavy atom. The molecule has 6 heteroatoms. The molecule has 0 aromatic heterocycles. The van der Waals surface area contributed by atoms with Crippen LogP contribution in [0.3, 0.4) is 0 Å². The molecule has 382 valence electrons. The van der Waals surface area contributed by atoms with Gasteiger partial charge in [-0.1, -0.05) is 262 Å². The zero-order valence-electron chi connectivity index (χ0n) is 43.5. The summed E-state index contributed by atoms with van der Waals surface area (Å²) in [7, 11) is 0. The highest BCUT2D eigenvalue weighted by Crippen LogP contribution is 2.16. The molecule has 6 nitrogen and oxygen atoms in total. The van der Waals surface area contributed by atoms with Gasteiger partial charge in [0, 0.05) is 12.8 Å². The molecule has 0 radical (unpaired) electrons. The van der Waals surface area contributed by atoms with Crippen molar-refractivity contribution in [1.82, 2.24) is 5.32 Å². The highest BCUT2D eigenvalue weighted by Gasteiger charge is 2.18. The summed E-state index contributed by atoms with van der Waals surface area (Å²) in [4.78, 5) is 24.6. The maximum Gasteiger partial charge on any atom is 0.305 e. The Hall–Kier alpha value is -1.92. The molecule has 0 aliphatic carbocycles. The molecule has 0 aliphatic heterocycles. The van der Waals surface area contributed by atoms with Gasteiger partial charge in [0.1, 0.15) is 0 Å². The predicted octanol–water partition coefficient (Wildman–Crippen LogP) is 17.6. The largest absolute Gasteiger partial charge is 0.466 e. The normalized spacial score (nSPS) is 12.9. The second-order valence-electron chi connectivity index (χ2n) is 19.6. The number of carbonyl (C=O) groups is 2. The Bertz CT molecular complexity index is 1060. The molecule has 0 spiro atoms. The van der Waals surface area contributed by atoms with Crippen molar-refractivity contribution >= 4 is 11.9 Å². The lowest BCUT2D eigenvalue weighted by Crippen LogP contribution is -2.45. The zero-order chi connectivity index (χ0) is 47.2. The molecular formula is C59H111NO5. The Labute approximate surface area is 404 Å². The van der Waals surface area contributed by atoms with E-state index in [0.29, 0.717) is 19.4 Å². The number of amides is 1. The van der Waals surface area contributed by atoms with Crippen LogP contribution in [-0.4, -0.2) is 47.4 Å². The summed E-state index contributed by atoms with van der Waals surface area (Å²) >= 11 is 0. The highest BCUT2D eigenvalue weighted by molar-refractivity contribution is 5.76. The van der Waals surface area contributed by atoms with E-state index in [2.05, 4.69) is 43.5 Å². The summed E-state index contributed by atoms with van der Waals surface area (Å²) in [6.07, 6.45) is 67.3. The van der Waals surface area contributed by atoms with E-state index in [4.69, 9.17) is 4.74 Å². The van der Waals surface area contributed by atoms with Crippen LogP contribution in [0.25, 0.3) is 0 Å². The van der Waals surface area contributed by atoms with Gasteiger partial charge in [0.15, 0.2) is 0 Å². The second-order valence-corrected chi connectivity index (χ2v) is 19.6. The summed E-state index contributed by atoms with van der Waals surface area (Å²) in [6.45, 7) is 4.84. The number of hydrogen-bond donors (Lipinski definition) is 3. The summed E-state index contributed by atoms with van der Waals surface area (Å²) in [5.41, 5.74) is 0. The molecule has 0 saturated carbocycles. The molecule has 0 rings (SSSR count). The summed E-state index contributed by atoms with van der Waals surface area (Å²) in [5, 5.41) is 23.1. The summed E-state index contributed by atoms with van der Waals surface area (Å²) in [5.74, 6) is -0.114. The number of carbonyl (C=O) groups excluding carboxylic acids is 2. The number of hydrogen-bond acceptors (Lipinski definition) is 5. The van der Waals surface area contributed by atoms with E-state index < -0.39 is 12.1 Å². The number of esters is 1. The molecule has 3 N–H and O–H groups in total. The third-order valence-corrected chi connectivity index (χ3v) is 13.2. The van der Waals surface area contributed by atoms with Gasteiger partial charge in [-0.3, -0.25) is 9.59 Å². The topological polar surface area (TPSA) is 95.9 Å². The Morgan fingerprint density at radius 2 is 0.769 bits per heavy atom. The zero-order valence-corrected chi connectivity index (χ0v) is 43.5. The SMILES string of the molecule is CCCCC/C=C\C/C=C\CCCCCCCCCCCC(=O)OCCCCCCCCCCCCC(=O)NC(CO)C(O)/C=C/CCCCCCCCCCCCCCCCCCC. The van der Waals surface area contributed by atoms with Crippen LogP contribution < -0.4 is 5.32 Å². The lowest BCUT2D eigenvalue weighted by atomic mass is 10.0. The van der Waals surface area contributed by atoms with Crippen LogP contribution >= 0.6 is 0 Å². The van der Waals surface area contributed by atoms with E-state index in [0.717, 1.165) is 64.2 Å². The van der Waals surface area contributed by atoms with E-state index in [1.807, 2.05) is 6.08 Å². The van der Waals surface area contributed by atoms with E-state index in [1.54, 1.807) is 6.08 Å². The van der Waals surface area contributed by atoms with Crippen molar-refractivity contribution in [3.05, 3.63) is 36.5 Å². The molecule has 0 aromatic rings. The van der Waals surface area contributed by atoms with Gasteiger partial charge in [-0.25, -0.2) is 0 Å². The van der Waals surface area contributed by atoms with Crippen LogP contribution in [0.15, 0.2) is 36.5 Å². The van der Waals surface area contributed by atoms with Crippen molar-refractivity contribution in [2.45, 2.75) is 315 Å². The van der Waals surface area contributed by atoms with Crippen LogP contribution in [0.4, 0.5) is 0 Å². The van der Waals surface area contributed by atoms with Crippen molar-refractivity contribution in [3.8, 4) is 0 Å². The van der Waals surface area contributed by atoms with Gasteiger partial charge in [0.25, 0.3) is 0 Å². The van der Waals surface area contributed by atoms with Crippen LogP contribution in [-0.2, 0) is 14.3 Å². The van der Waals surface area contributed by atoms with Gasteiger partial charge in [-0.05, 0) is 64.2 Å². The van der Waals surface area contributed by atoms with E-state index in [1.165, 1.54) is 212 Å². The Kier molecular flexibility index (Phi) is 53.1. The molecule has 2 atom stereocenters. The lowest BCUT2D eigenvalue weighted by Gasteiger charge is -2.20. The van der Waals surface area contributed by atoms with Crippen molar-refractivity contribution in [2.24, 2.45) is 0 Å². The first-order chi connectivity index (χ1) is 32.0. The fourth-order valence-corrected chi connectivity index (χ4v) is 8.72. The van der Waals surface area contributed by atoms with Gasteiger partial charge >= 0.3 is 5.97 Å². The maximum absolute atomic E-state index is 12.5. The third kappa shape index (κ3) is 51.3. The fourth-order valence-electron chi connectivity index (χ4n) is 8.72. The van der Waals surface area contributed by atoms with Crippen molar-refractivity contribution in [1.29, 1.82) is 0 Å². The maximum atomic E-state index is 12.5. The van der Waals surface area contributed by atoms with Gasteiger partial charge in [-0.2, -0.15) is 0 Å². The van der Waals surface area contributed by atoms with Crippen LogP contribution in [0.1, 0.15) is 303 Å². The molecule has 0 fully saturated rings. The van der Waals surface area contributed by atoms with E-state index in [9.17, 15) is 19.8 Å². The fraction of sp³-hybridized carbons (Fsp3) is 0.864. The molecule has 0 aromatic carbocycles. The highest BCUT2D eigenvalue weighted by atomic mass is 16.5. The van der Waals surface area contributed by atoms with Gasteiger partial charge < -0.3 is 20.3 Å². The minimum atomic E-state index is -0.860. The molecule has 65 heavy (non-hydrogen) atoms. The second kappa shape index (κ2) is 54.7. The van der Waals surface area contributed by atoms with Crippen LogP contribution in [0, 0.1) is 0 Å². The van der Waals surface area contributed by atoms with Crippen molar-refractivity contribution in [3.63, 3.8) is 0 Å². The number of ether oxygens (including phenoxy) is 1. The average Bonchev–Trinajstić information content (AvgIpc) is 3.31. The predicted molar refractivity (Wildman–Crippen MR) is 283 cm³/mol. The molecule has 1 amide bonds. The Balaban J connectivity index is 3.50. The minimum absolute atomic E-state index is 0.0244. The van der Waals surface area contributed by atoms with E-state index >= 15 is 0 Å². The van der Waals surface area contributed by atoms with E-state index in [-0.39, 0.29) is 18.5 Å². The summed E-state index contributed by atoms with van der Waals surface area (Å²) < 4.78 is 5.47. The molecule has 0 saturated heterocycles. The number of aliphatic hydroxyl groups is 2. The third-order valence-electron chi connectivity index (χ3n) is 13.2. The molecule has 2 unspecified atom stereocenters. The number of unbranched alkanes of at least 4 members (excludes halogenated alkanes) is 38. The first-order valence-corrected chi connectivity index (χ1v) is 28.8. The van der Waals surface area contributed by atoms with Crippen LogP contribution in [0.2, 0.25) is 0 Å². The lowest BCUT2D eigenvalue weighted by molar-refractivity contribution is -0.143. The van der Waals surface area contributed by atoms with Gasteiger partial charge in [0.05, 0.1) is 25.4 Å². The monoisotopic (exact) mass is 914 g/mol. The van der Waals surface area contributed by atoms with Crippen molar-refractivity contribution in [2.75, 3.05) is 13.2 Å². The number of nitrogens with one attached hydrogen (secondary N) is 1. The van der Waals surface area contributed by atoms with Crippen molar-refractivity contribution < 1.29 is 24.5 Å². The standard InChI is InChI=1S/C59H111NO5/c1-3-5-7-9-11-13-15-17-19-21-23-25-27-29-31-35-39-43-47-51-57(62)56(55-61)60-58(63)52-48-44-40-36-33-34-38-42-46-50-54-65-59(64)53-49-45-41-37-32-30-28-26-24-22-20-18-16-14-12-10-8-6-4-2/h12,14,18,20,47,51,56-57,61-62H,3-11,13,15-17,19,21-46,48-50,52-55H2,1-2H3,(H,60,63)/b14-12-,20-18-,51-47+. The number of allylic oxidation sites excluding steroid dienone is 5. The first-order valence-electron chi connectivity index (χ1n) is 28.8. The first kappa shape index (κ1) is 63.1. The number of rotatable bonds is 53. The Morgan fingerprint density at radius 1 is 0.431 bits per heavy atom. The minimum Gasteiger partial charge on any atom is -0.466 e. The summed E-state index contributed by atoms with van der Waals surface area (Å²) in [6, 6.07) is -0.646. The number of aliphatic hydroxyl groups excluding tert-OH is 2.